The second kappa shape index (κ2) is 8.52. The Bertz CT molecular complexity index is 504. The third-order valence-corrected chi connectivity index (χ3v) is 3.35. The molecule has 1 amide bonds. The van der Waals surface area contributed by atoms with Gasteiger partial charge < -0.3 is 14.4 Å². The van der Waals surface area contributed by atoms with E-state index >= 15 is 0 Å². The maximum Gasteiger partial charge on any atom is 0.305 e. The van der Waals surface area contributed by atoms with Crippen molar-refractivity contribution in [3.8, 4) is 5.75 Å². The van der Waals surface area contributed by atoms with Gasteiger partial charge in [-0.3, -0.25) is 9.59 Å². The van der Waals surface area contributed by atoms with Gasteiger partial charge in [0.1, 0.15) is 5.75 Å². The van der Waals surface area contributed by atoms with Crippen LogP contribution in [0.2, 0.25) is 5.02 Å². The molecule has 0 saturated carbocycles. The summed E-state index contributed by atoms with van der Waals surface area (Å²) in [6.45, 7) is 0.497. The molecule has 0 spiro atoms. The summed E-state index contributed by atoms with van der Waals surface area (Å²) in [6.07, 6.45) is 1.08. The minimum absolute atomic E-state index is 0.0552. The van der Waals surface area contributed by atoms with Crippen LogP contribution in [0, 0.1) is 0 Å². The Labute approximate surface area is 129 Å². The third-order valence-electron chi connectivity index (χ3n) is 3.11. The number of hydrogen-bond donors (Lipinski definition) is 0. The zero-order valence-corrected chi connectivity index (χ0v) is 13.3. The van der Waals surface area contributed by atoms with Crippen molar-refractivity contribution >= 4 is 23.5 Å². The molecule has 6 heteroatoms. The molecule has 1 aromatic rings. The first-order chi connectivity index (χ1) is 9.97. The van der Waals surface area contributed by atoms with Gasteiger partial charge in [0, 0.05) is 30.6 Å². The van der Waals surface area contributed by atoms with Crippen LogP contribution in [0.3, 0.4) is 0 Å². The summed E-state index contributed by atoms with van der Waals surface area (Å²) in [5, 5.41) is 0.562. The lowest BCUT2D eigenvalue weighted by Crippen LogP contribution is -2.29. The van der Waals surface area contributed by atoms with Gasteiger partial charge in [-0.25, -0.2) is 0 Å². The highest BCUT2D eigenvalue weighted by atomic mass is 35.5. The number of halogens is 1. The van der Waals surface area contributed by atoms with E-state index in [1.165, 1.54) is 7.11 Å². The Hall–Kier alpha value is -1.75. The van der Waals surface area contributed by atoms with Crippen LogP contribution >= 0.6 is 11.6 Å². The van der Waals surface area contributed by atoms with Gasteiger partial charge in [-0.1, -0.05) is 11.6 Å². The lowest BCUT2D eigenvalue weighted by molar-refractivity contribution is -0.141. The van der Waals surface area contributed by atoms with Crippen LogP contribution in [0.15, 0.2) is 18.2 Å². The second-order valence-electron chi connectivity index (χ2n) is 4.63. The molecule has 0 N–H and O–H groups in total. The van der Waals surface area contributed by atoms with E-state index in [1.54, 1.807) is 37.3 Å². The molecule has 0 fully saturated rings. The first kappa shape index (κ1) is 17.3. The highest BCUT2D eigenvalue weighted by molar-refractivity contribution is 6.30. The Kier molecular flexibility index (Phi) is 7.02. The predicted molar refractivity (Wildman–Crippen MR) is 80.6 cm³/mol. The lowest BCUT2D eigenvalue weighted by Gasteiger charge is -2.18. The Balaban J connectivity index is 2.56. The van der Waals surface area contributed by atoms with E-state index in [-0.39, 0.29) is 18.3 Å². The van der Waals surface area contributed by atoms with Crippen LogP contribution in [0.5, 0.6) is 5.75 Å². The van der Waals surface area contributed by atoms with Crippen LogP contribution < -0.4 is 4.74 Å². The topological polar surface area (TPSA) is 55.8 Å². The van der Waals surface area contributed by atoms with Crippen molar-refractivity contribution in [3.05, 3.63) is 28.8 Å². The number of methoxy groups -OCH3 is 2. The summed E-state index contributed by atoms with van der Waals surface area (Å²) < 4.78 is 9.78. The van der Waals surface area contributed by atoms with Crippen molar-refractivity contribution in [1.82, 2.24) is 4.90 Å². The van der Waals surface area contributed by atoms with Gasteiger partial charge in [0.2, 0.25) is 5.91 Å². The monoisotopic (exact) mass is 313 g/mol. The summed E-state index contributed by atoms with van der Waals surface area (Å²) in [5.41, 5.74) is 0.745. The zero-order chi connectivity index (χ0) is 15.8. The molecule has 1 rings (SSSR count). The first-order valence-corrected chi connectivity index (χ1v) is 6.99. The number of rotatable bonds is 7. The number of hydrogen-bond acceptors (Lipinski definition) is 4. The number of ether oxygens (including phenoxy) is 2. The summed E-state index contributed by atoms with van der Waals surface area (Å²) in [4.78, 5) is 24.8. The minimum Gasteiger partial charge on any atom is -0.496 e. The van der Waals surface area contributed by atoms with Crippen molar-refractivity contribution < 1.29 is 19.1 Å². The van der Waals surface area contributed by atoms with Crippen LogP contribution in [0.25, 0.3) is 0 Å². The number of carbonyl (C=O) groups is 2. The number of carbonyl (C=O) groups excluding carboxylic acids is 2. The SMILES string of the molecule is COC(=O)CCCN(C)C(=O)Cc1cc(Cl)ccc1OC. The fourth-order valence-electron chi connectivity index (χ4n) is 1.87. The van der Waals surface area contributed by atoms with E-state index < -0.39 is 0 Å². The molecular formula is C15H20ClNO4. The molecule has 5 nitrogen and oxygen atoms in total. The van der Waals surface area contributed by atoms with Crippen molar-refractivity contribution in [2.75, 3.05) is 27.8 Å². The molecule has 1 aromatic carbocycles. The highest BCUT2D eigenvalue weighted by Crippen LogP contribution is 2.23. The van der Waals surface area contributed by atoms with Gasteiger partial charge in [0.15, 0.2) is 0 Å². The maximum atomic E-state index is 12.1. The fraction of sp³-hybridized carbons (Fsp3) is 0.467. The zero-order valence-electron chi connectivity index (χ0n) is 12.5. The number of benzene rings is 1. The fourth-order valence-corrected chi connectivity index (χ4v) is 2.07. The molecule has 116 valence electrons. The van der Waals surface area contributed by atoms with Crippen LogP contribution in [-0.4, -0.2) is 44.6 Å². The Morgan fingerprint density at radius 1 is 1.29 bits per heavy atom. The van der Waals surface area contributed by atoms with Gasteiger partial charge in [0.05, 0.1) is 20.6 Å². The van der Waals surface area contributed by atoms with E-state index in [4.69, 9.17) is 16.3 Å². The van der Waals surface area contributed by atoms with Gasteiger partial charge in [-0.15, -0.1) is 0 Å². The van der Waals surface area contributed by atoms with Crippen LogP contribution in [0.1, 0.15) is 18.4 Å². The van der Waals surface area contributed by atoms with E-state index in [2.05, 4.69) is 4.74 Å². The molecule has 0 aliphatic heterocycles. The summed E-state index contributed by atoms with van der Waals surface area (Å²) in [6, 6.07) is 5.18. The van der Waals surface area contributed by atoms with E-state index in [0.29, 0.717) is 30.2 Å². The summed E-state index contributed by atoms with van der Waals surface area (Å²) in [5.74, 6) is 0.309. The standard InChI is InChI=1S/C15H20ClNO4/c1-17(8-4-5-15(19)21-3)14(18)10-11-9-12(16)6-7-13(11)20-2/h6-7,9H,4-5,8,10H2,1-3H3. The Morgan fingerprint density at radius 2 is 2.00 bits per heavy atom. The minimum atomic E-state index is -0.271. The molecule has 21 heavy (non-hydrogen) atoms. The van der Waals surface area contributed by atoms with E-state index in [9.17, 15) is 9.59 Å². The Morgan fingerprint density at radius 3 is 2.62 bits per heavy atom. The molecule has 0 bridgehead atoms. The van der Waals surface area contributed by atoms with Gasteiger partial charge in [-0.2, -0.15) is 0 Å². The quantitative estimate of drug-likeness (QED) is 0.725. The molecule has 0 heterocycles. The molecule has 0 radical (unpaired) electrons. The number of amides is 1. The van der Waals surface area contributed by atoms with Crippen molar-refractivity contribution in [2.45, 2.75) is 19.3 Å². The van der Waals surface area contributed by atoms with Gasteiger partial charge in [-0.05, 0) is 24.6 Å². The normalized spacial score (nSPS) is 10.1. The molecule has 0 saturated heterocycles. The van der Waals surface area contributed by atoms with Crippen molar-refractivity contribution in [2.24, 2.45) is 0 Å². The molecule has 0 aliphatic carbocycles. The number of nitrogens with zero attached hydrogens (tertiary/aromatic N) is 1. The van der Waals surface area contributed by atoms with E-state index in [0.717, 1.165) is 5.56 Å². The molecule has 0 aliphatic rings. The molecule has 0 aromatic heterocycles. The highest BCUT2D eigenvalue weighted by Gasteiger charge is 2.13. The summed E-state index contributed by atoms with van der Waals surface area (Å²) >= 11 is 5.94. The summed E-state index contributed by atoms with van der Waals surface area (Å²) in [7, 11) is 4.61. The van der Waals surface area contributed by atoms with Gasteiger partial charge >= 0.3 is 5.97 Å². The largest absolute Gasteiger partial charge is 0.496 e. The lowest BCUT2D eigenvalue weighted by atomic mass is 10.1. The third kappa shape index (κ3) is 5.63. The molecule has 0 atom stereocenters. The second-order valence-corrected chi connectivity index (χ2v) is 5.06. The average Bonchev–Trinajstić information content (AvgIpc) is 2.47. The molecule has 0 unspecified atom stereocenters. The van der Waals surface area contributed by atoms with E-state index in [1.807, 2.05) is 0 Å². The number of likely N-dealkylation sites (N-methyl/N-ethyl adjacent to an activating group) is 1. The van der Waals surface area contributed by atoms with Crippen molar-refractivity contribution in [1.29, 1.82) is 0 Å². The van der Waals surface area contributed by atoms with Crippen LogP contribution in [0.4, 0.5) is 0 Å². The molecular weight excluding hydrogens is 294 g/mol. The maximum absolute atomic E-state index is 12.1. The number of esters is 1. The van der Waals surface area contributed by atoms with Crippen LogP contribution in [-0.2, 0) is 20.7 Å². The smallest absolute Gasteiger partial charge is 0.305 e. The van der Waals surface area contributed by atoms with Gasteiger partial charge in [0.25, 0.3) is 0 Å². The first-order valence-electron chi connectivity index (χ1n) is 6.61. The predicted octanol–water partition coefficient (Wildman–Crippen LogP) is 2.30. The average molecular weight is 314 g/mol. The van der Waals surface area contributed by atoms with Crippen molar-refractivity contribution in [3.63, 3.8) is 0 Å².